The lowest BCUT2D eigenvalue weighted by atomic mass is 9.82. The maximum Gasteiger partial charge on any atom is 0.261 e. The molecule has 0 aromatic heterocycles. The molecule has 1 saturated carbocycles. The maximum atomic E-state index is 12.4. The molecule has 6 heteroatoms. The van der Waals surface area contributed by atoms with Crippen LogP contribution in [0.25, 0.3) is 0 Å². The average molecular weight is 383 g/mol. The molecule has 2 aliphatic heterocycles. The fourth-order valence-corrected chi connectivity index (χ4v) is 4.95. The number of likely N-dealkylation sites (tertiary alicyclic amines) is 1. The molecule has 3 aliphatic rings. The molecule has 1 aromatic carbocycles. The van der Waals surface area contributed by atoms with Crippen molar-refractivity contribution in [3.63, 3.8) is 0 Å². The normalized spacial score (nSPS) is 24.5. The number of aliphatic imine (C=N–C) groups is 1. The summed E-state index contributed by atoms with van der Waals surface area (Å²) in [5.41, 5.74) is 1.06. The highest BCUT2D eigenvalue weighted by Gasteiger charge is 2.36. The van der Waals surface area contributed by atoms with Crippen LogP contribution in [0.15, 0.2) is 29.3 Å². The van der Waals surface area contributed by atoms with Gasteiger partial charge in [-0.2, -0.15) is 0 Å². The first-order valence-corrected chi connectivity index (χ1v) is 10.6. The lowest BCUT2D eigenvalue weighted by molar-refractivity contribution is 0.0652. The number of guanidine groups is 1. The Morgan fingerprint density at radius 2 is 1.64 bits per heavy atom. The molecule has 150 valence electrons. The summed E-state index contributed by atoms with van der Waals surface area (Å²) in [6, 6.07) is 7.07. The summed E-state index contributed by atoms with van der Waals surface area (Å²) >= 11 is 0. The third-order valence-electron chi connectivity index (χ3n) is 6.46. The van der Waals surface area contributed by atoms with Gasteiger partial charge in [0.2, 0.25) is 0 Å². The molecule has 1 N–H and O–H groups in total. The van der Waals surface area contributed by atoms with Gasteiger partial charge in [0.25, 0.3) is 11.8 Å². The van der Waals surface area contributed by atoms with Crippen LogP contribution < -0.4 is 5.32 Å². The van der Waals surface area contributed by atoms with E-state index in [9.17, 15) is 9.59 Å². The van der Waals surface area contributed by atoms with Crippen molar-refractivity contribution < 1.29 is 9.59 Å². The molecule has 2 heterocycles. The molecule has 2 amide bonds. The van der Waals surface area contributed by atoms with Crippen molar-refractivity contribution in [1.82, 2.24) is 15.1 Å². The number of rotatable bonds is 5. The molecule has 0 radical (unpaired) electrons. The zero-order valence-corrected chi connectivity index (χ0v) is 16.7. The van der Waals surface area contributed by atoms with E-state index in [0.717, 1.165) is 50.3 Å². The van der Waals surface area contributed by atoms with Crippen LogP contribution >= 0.6 is 0 Å². The zero-order chi connectivity index (χ0) is 19.5. The fourth-order valence-electron chi connectivity index (χ4n) is 4.95. The van der Waals surface area contributed by atoms with Gasteiger partial charge in [-0.3, -0.25) is 19.5 Å². The molecule has 4 rings (SSSR count). The number of fused-ring (bicyclic) bond motifs is 2. The van der Waals surface area contributed by atoms with Gasteiger partial charge in [-0.25, -0.2) is 0 Å². The molecule has 0 bridgehead atoms. The minimum atomic E-state index is -0.163. The Morgan fingerprint density at radius 3 is 2.21 bits per heavy atom. The SMILES string of the molecule is CN=C(NCCCCN1C(=O)c2ccccc2C1=O)N1CC2CCCCC2C1. The van der Waals surface area contributed by atoms with E-state index in [1.807, 2.05) is 7.05 Å². The first-order chi connectivity index (χ1) is 13.7. The molecular formula is C22H30N4O2. The Kier molecular flexibility index (Phi) is 5.64. The van der Waals surface area contributed by atoms with Crippen LogP contribution in [0, 0.1) is 11.8 Å². The first-order valence-electron chi connectivity index (χ1n) is 10.6. The van der Waals surface area contributed by atoms with E-state index in [-0.39, 0.29) is 11.8 Å². The predicted octanol–water partition coefficient (Wildman–Crippen LogP) is 2.76. The van der Waals surface area contributed by atoms with Crippen molar-refractivity contribution in [3.05, 3.63) is 35.4 Å². The third kappa shape index (κ3) is 3.64. The highest BCUT2D eigenvalue weighted by atomic mass is 16.2. The van der Waals surface area contributed by atoms with E-state index in [2.05, 4.69) is 15.2 Å². The number of imide groups is 1. The number of carbonyl (C=O) groups is 2. The van der Waals surface area contributed by atoms with Crippen LogP contribution in [0.1, 0.15) is 59.2 Å². The van der Waals surface area contributed by atoms with Crippen LogP contribution in [0.5, 0.6) is 0 Å². The highest BCUT2D eigenvalue weighted by molar-refractivity contribution is 6.21. The Hall–Kier alpha value is -2.37. The van der Waals surface area contributed by atoms with E-state index < -0.39 is 0 Å². The van der Waals surface area contributed by atoms with Gasteiger partial charge in [-0.1, -0.05) is 25.0 Å². The van der Waals surface area contributed by atoms with E-state index in [1.54, 1.807) is 24.3 Å². The van der Waals surface area contributed by atoms with E-state index >= 15 is 0 Å². The van der Waals surface area contributed by atoms with Gasteiger partial charge < -0.3 is 10.2 Å². The Labute approximate surface area is 167 Å². The summed E-state index contributed by atoms with van der Waals surface area (Å²) in [6.07, 6.45) is 7.16. The molecule has 1 aromatic rings. The van der Waals surface area contributed by atoms with Crippen molar-refractivity contribution in [1.29, 1.82) is 0 Å². The molecule has 6 nitrogen and oxygen atoms in total. The van der Waals surface area contributed by atoms with Crippen LogP contribution in [-0.4, -0.2) is 60.8 Å². The zero-order valence-electron chi connectivity index (χ0n) is 16.7. The second-order valence-electron chi connectivity index (χ2n) is 8.20. The third-order valence-corrected chi connectivity index (χ3v) is 6.46. The fraction of sp³-hybridized carbons (Fsp3) is 0.591. The van der Waals surface area contributed by atoms with E-state index in [1.165, 1.54) is 30.6 Å². The Bertz CT molecular complexity index is 727. The maximum absolute atomic E-state index is 12.4. The first kappa shape index (κ1) is 19.0. The van der Waals surface area contributed by atoms with Crippen LogP contribution in [0.4, 0.5) is 0 Å². The number of hydrogen-bond acceptors (Lipinski definition) is 3. The minimum Gasteiger partial charge on any atom is -0.356 e. The number of nitrogens with zero attached hydrogens (tertiary/aromatic N) is 3. The summed E-state index contributed by atoms with van der Waals surface area (Å²) in [5, 5.41) is 3.47. The molecule has 2 atom stereocenters. The lowest BCUT2D eigenvalue weighted by Gasteiger charge is -2.22. The van der Waals surface area contributed by atoms with Crippen molar-refractivity contribution in [3.8, 4) is 0 Å². The molecule has 2 fully saturated rings. The summed E-state index contributed by atoms with van der Waals surface area (Å²) < 4.78 is 0. The van der Waals surface area contributed by atoms with Gasteiger partial charge in [-0.05, 0) is 49.7 Å². The number of amides is 2. The van der Waals surface area contributed by atoms with Crippen LogP contribution in [0.3, 0.4) is 0 Å². The molecule has 28 heavy (non-hydrogen) atoms. The van der Waals surface area contributed by atoms with E-state index in [4.69, 9.17) is 0 Å². The number of carbonyl (C=O) groups excluding carboxylic acids is 2. The standard InChI is InChI=1S/C22H30N4O2/c1-23-22(25-14-16-8-2-3-9-17(16)15-25)24-12-6-7-13-26-20(27)18-10-4-5-11-19(18)21(26)28/h4-5,10-11,16-17H,2-3,6-9,12-15H2,1H3,(H,23,24). The lowest BCUT2D eigenvalue weighted by Crippen LogP contribution is -2.40. The molecule has 0 spiro atoms. The topological polar surface area (TPSA) is 65.0 Å². The summed E-state index contributed by atoms with van der Waals surface area (Å²) in [4.78, 5) is 33.0. The summed E-state index contributed by atoms with van der Waals surface area (Å²) in [5.74, 6) is 2.34. The smallest absolute Gasteiger partial charge is 0.261 e. The summed E-state index contributed by atoms with van der Waals surface area (Å²) in [6.45, 7) is 3.53. The monoisotopic (exact) mass is 382 g/mol. The van der Waals surface area contributed by atoms with Gasteiger partial charge >= 0.3 is 0 Å². The quantitative estimate of drug-likeness (QED) is 0.368. The average Bonchev–Trinajstić information content (AvgIpc) is 3.25. The van der Waals surface area contributed by atoms with Gasteiger partial charge in [-0.15, -0.1) is 0 Å². The minimum absolute atomic E-state index is 0.163. The van der Waals surface area contributed by atoms with Crippen molar-refractivity contribution in [2.75, 3.05) is 33.2 Å². The van der Waals surface area contributed by atoms with Gasteiger partial charge in [0.1, 0.15) is 0 Å². The number of hydrogen-bond donors (Lipinski definition) is 1. The second kappa shape index (κ2) is 8.33. The van der Waals surface area contributed by atoms with E-state index in [0.29, 0.717) is 17.7 Å². The van der Waals surface area contributed by atoms with Gasteiger partial charge in [0, 0.05) is 33.2 Å². The highest BCUT2D eigenvalue weighted by Crippen LogP contribution is 2.35. The predicted molar refractivity (Wildman–Crippen MR) is 109 cm³/mol. The largest absolute Gasteiger partial charge is 0.356 e. The van der Waals surface area contributed by atoms with Crippen molar-refractivity contribution in [2.24, 2.45) is 16.8 Å². The molecule has 2 unspecified atom stereocenters. The second-order valence-corrected chi connectivity index (χ2v) is 8.20. The molecule has 1 aliphatic carbocycles. The summed E-state index contributed by atoms with van der Waals surface area (Å²) in [7, 11) is 1.85. The number of unbranched alkanes of at least 4 members (excludes halogenated alkanes) is 1. The van der Waals surface area contributed by atoms with Crippen molar-refractivity contribution in [2.45, 2.75) is 38.5 Å². The Morgan fingerprint density at radius 1 is 1.04 bits per heavy atom. The van der Waals surface area contributed by atoms with Crippen LogP contribution in [0.2, 0.25) is 0 Å². The van der Waals surface area contributed by atoms with Gasteiger partial charge in [0.15, 0.2) is 5.96 Å². The van der Waals surface area contributed by atoms with Gasteiger partial charge in [0.05, 0.1) is 11.1 Å². The number of nitrogens with one attached hydrogen (secondary N) is 1. The van der Waals surface area contributed by atoms with Crippen LogP contribution in [-0.2, 0) is 0 Å². The molecular weight excluding hydrogens is 352 g/mol. The Balaban J connectivity index is 1.21. The molecule has 1 saturated heterocycles. The van der Waals surface area contributed by atoms with Crippen molar-refractivity contribution >= 4 is 17.8 Å². The number of benzene rings is 1.